The van der Waals surface area contributed by atoms with Crippen molar-refractivity contribution in [3.8, 4) is 34.5 Å². The second-order valence-corrected chi connectivity index (χ2v) is 44.9. The summed E-state index contributed by atoms with van der Waals surface area (Å²) in [6, 6.07) is 31.4. The number of rotatable bonds is 46. The Morgan fingerprint density at radius 1 is 0.385 bits per heavy atom. The number of aromatic nitrogens is 6. The normalized spacial score (nSPS) is 25.6. The van der Waals surface area contributed by atoms with Crippen LogP contribution >= 0.6 is 35.3 Å². The molecule has 6 aliphatic carbocycles. The number of nitrogens with one attached hydrogen (secondary N) is 6. The molecule has 18 atom stereocenters. The van der Waals surface area contributed by atoms with Crippen molar-refractivity contribution in [1.29, 1.82) is 0 Å². The molecule has 6 N–H and O–H groups in total. The summed E-state index contributed by atoms with van der Waals surface area (Å²) in [6.45, 7) is 18.3. The average Bonchev–Trinajstić information content (AvgIpc) is 1.68. The molecule has 0 spiro atoms. The lowest BCUT2D eigenvalue weighted by Crippen LogP contribution is -2.46. The van der Waals surface area contributed by atoms with Crippen LogP contribution < -0.4 is 60.3 Å². The Bertz CT molecular complexity index is 5250. The first kappa shape index (κ1) is 108. The molecule has 6 saturated carbocycles. The van der Waals surface area contributed by atoms with E-state index in [1.165, 1.54) is 125 Å². The molecule has 0 radical (unpaired) electrons. The van der Waals surface area contributed by atoms with E-state index in [-0.39, 0.29) is 23.0 Å². The molecule has 2 aromatic carbocycles. The number of halogens is 6. The van der Waals surface area contributed by atoms with E-state index in [0.29, 0.717) is 146 Å². The van der Waals surface area contributed by atoms with Crippen LogP contribution in [0.3, 0.4) is 0 Å². The van der Waals surface area contributed by atoms with Crippen molar-refractivity contribution in [1.82, 2.24) is 66.7 Å². The first-order valence-corrected chi connectivity index (χ1v) is 54.6. The van der Waals surface area contributed by atoms with Gasteiger partial charge in [0.25, 0.3) is 0 Å². The molecule has 6 aromatic heterocycles. The largest absolute Gasteiger partial charge is 0.490 e. The maximum Gasteiger partial charge on any atom is 0.416 e. The van der Waals surface area contributed by atoms with Crippen molar-refractivity contribution in [3.05, 3.63) is 210 Å². The second kappa shape index (κ2) is 53.7. The minimum atomic E-state index is -4.30. The summed E-state index contributed by atoms with van der Waals surface area (Å²) in [4.78, 5) is 63.4. The van der Waals surface area contributed by atoms with Crippen molar-refractivity contribution in [2.75, 3.05) is 130 Å². The van der Waals surface area contributed by atoms with Crippen molar-refractivity contribution in [3.63, 3.8) is 0 Å². The number of carbonyl (C=O) groups excluding carboxylic acids is 3. The van der Waals surface area contributed by atoms with Gasteiger partial charge in [0, 0.05) is 136 Å². The van der Waals surface area contributed by atoms with Crippen LogP contribution in [0, 0.1) is 40.9 Å². The van der Waals surface area contributed by atoms with Gasteiger partial charge >= 0.3 is 12.4 Å². The molecule has 143 heavy (non-hydrogen) atoms. The van der Waals surface area contributed by atoms with E-state index in [9.17, 15) is 40.7 Å². The quantitative estimate of drug-likeness (QED) is 0.0117. The zero-order valence-electron chi connectivity index (χ0n) is 83.5. The molecule has 12 heterocycles. The molecular formula is C110H145F6N13O11S3. The Morgan fingerprint density at radius 3 is 0.972 bits per heavy atom. The molecule has 6 aliphatic heterocycles. The number of ether oxygens (including phenoxy) is 8. The highest BCUT2D eigenvalue weighted by molar-refractivity contribution is 8.13. The number of alkyl halides is 6. The van der Waals surface area contributed by atoms with Gasteiger partial charge in [-0.25, -0.2) is 0 Å². The Hall–Kier alpha value is -8.74. The monoisotopic (exact) mass is 2030 g/mol. The van der Waals surface area contributed by atoms with Gasteiger partial charge in [-0.3, -0.25) is 44.3 Å². The summed E-state index contributed by atoms with van der Waals surface area (Å²) in [7, 11) is 3.63. The lowest BCUT2D eigenvalue weighted by molar-refractivity contribution is -0.174. The van der Waals surface area contributed by atoms with Gasteiger partial charge in [0.2, 0.25) is 5.91 Å². The fourth-order valence-electron chi connectivity index (χ4n) is 18.2. The van der Waals surface area contributed by atoms with Crippen LogP contribution in [0.25, 0.3) is 0 Å². The molecule has 12 fully saturated rings. The number of amides is 1. The predicted molar refractivity (Wildman–Crippen MR) is 548 cm³/mol. The average molecular weight is 2040 g/mol. The Balaban J connectivity index is 0.000000130. The highest BCUT2D eigenvalue weighted by Gasteiger charge is 2.44. The van der Waals surface area contributed by atoms with Gasteiger partial charge < -0.3 is 74.7 Å². The third-order valence-corrected chi connectivity index (χ3v) is 31.9. The standard InChI is InChI=1S/C22H25F3N2O2.C20H24N2OS.C19H28N2O2S.C17H25N3O2.C16H21F3N2O2.C16H22N2O2S/c23-22(24,25)18-3-1-15(2-4-18)13-28-8-6-16-10-21(16)17-9-20(12-26-11-17)29-14-19-5-7-27-19;1-2-4-19(5-3-1)24-9-7-15-11-20(15)16-10-18(13-21-12-16)23-14-17-6-8-22-17;1-19(2,3)18(22)24-7-5-13-9-17(13)14-8-16(11-20-10-14)23-12-15-4-6-21-15;1-20(2)17(21)4-3-12-8-16(12)13-7-15(10-18-9-13)22-11-14-5-6-19-14;17-16(18,19)10-22-4-2-11-6-15(11)12-5-14(8-20-7-12)23-9-13-1-3-21-13;1-11(19)21-5-3-12-7-16(12)13-6-15(9-17-8-13)20-10-14-2-4-18-14/h1-4,9,11-12,16,19,21,27H,5-8,10,13-14H2;1-5,10,12-13,15,17,20,22H,6-9,11,14H2;8,10-11,13,15,17,21H,4-7,9,12H2,1-3H3;7,9-10,12,14,16,19H,3-6,8,11H2,1-2H3;5,7-8,11,13,15,21H,1-4,6,9-10H2;6,8-9,12,14,16,18H,2-5,7,10H2,1H3/t16-,19-,21-;15-,17-,20-;13-,15-,17-;12-,14-,16-;11-,13-,15-;12-,14-,16-/m000000/s1. The molecule has 0 bridgehead atoms. The second-order valence-electron chi connectivity index (χ2n) is 41.4. The fraction of sp³-hybridized carbons (Fsp3) is 0.591. The molecule has 6 saturated heterocycles. The number of carbonyl (C=O) groups is 3. The predicted octanol–water partition coefficient (Wildman–Crippen LogP) is 19.6. The van der Waals surface area contributed by atoms with Gasteiger partial charge in [-0.2, -0.15) is 26.3 Å². The summed E-state index contributed by atoms with van der Waals surface area (Å²) in [5.41, 5.74) is 7.36. The van der Waals surface area contributed by atoms with Crippen LogP contribution in [0.5, 0.6) is 34.5 Å². The molecular weight excluding hydrogens is 1890 g/mol. The fourth-order valence-corrected chi connectivity index (χ4v) is 20.9. The minimum absolute atomic E-state index is 0.150. The molecule has 0 unspecified atom stereocenters. The molecule has 776 valence electrons. The van der Waals surface area contributed by atoms with Crippen molar-refractivity contribution in [2.45, 2.75) is 245 Å². The summed E-state index contributed by atoms with van der Waals surface area (Å²) in [5.74, 6) is 15.5. The molecule has 33 heteroatoms. The third kappa shape index (κ3) is 37.0. The SMILES string of the molecule is CC(=O)SCC[C@H]1C[C@@H]1c1cncc(OC[C@@H]2CCN2)c1.CC(C)(C)C(=O)SCC[C@H]1C[C@@H]1c1cncc(OC[C@@H]2CCN2)c1.CN(C)C(=O)CC[C@H]1C[C@@H]1c1cncc(OC[C@@H]2CCN2)c1.FC(F)(F)COCC[C@H]1C[C@@H]1c1cncc(OC[C@@H]2CCN2)c1.FC(F)(F)c1ccc(COCC[C@H]2C[C@@H]2c2cncc(OC[C@@H]3CCN3)c2)cc1.c1ccc(SCC[C@H]2C[C@@H]2c2cncc(OC[C@@H]3CCN3)c2)cc1. The summed E-state index contributed by atoms with van der Waals surface area (Å²) < 4.78 is 119. The molecule has 20 rings (SSSR count). The van der Waals surface area contributed by atoms with Crippen molar-refractivity contribution >= 4 is 51.4 Å². The molecule has 1 amide bonds. The van der Waals surface area contributed by atoms with Gasteiger partial charge in [-0.15, -0.1) is 11.8 Å². The van der Waals surface area contributed by atoms with E-state index in [1.807, 2.05) is 96.1 Å². The Labute approximate surface area is 852 Å². The first-order valence-electron chi connectivity index (χ1n) is 51.6. The number of hydrogen-bond acceptors (Lipinski definition) is 26. The van der Waals surface area contributed by atoms with Gasteiger partial charge in [-0.1, -0.05) is 74.6 Å². The lowest BCUT2D eigenvalue weighted by atomic mass is 10.00. The lowest BCUT2D eigenvalue weighted by Gasteiger charge is -2.27. The Kier molecular flexibility index (Phi) is 40.8. The highest BCUT2D eigenvalue weighted by Crippen LogP contribution is 2.55. The maximum absolute atomic E-state index is 12.6. The zero-order chi connectivity index (χ0) is 100. The number of pyridine rings is 6. The smallest absolute Gasteiger partial charge is 0.416 e. The summed E-state index contributed by atoms with van der Waals surface area (Å²) in [6.07, 6.45) is 34.5. The van der Waals surface area contributed by atoms with E-state index in [2.05, 4.69) is 127 Å². The minimum Gasteiger partial charge on any atom is -0.490 e. The third-order valence-electron chi connectivity index (χ3n) is 28.7. The van der Waals surface area contributed by atoms with Crippen LogP contribution in [0.4, 0.5) is 26.3 Å². The van der Waals surface area contributed by atoms with Crippen LogP contribution in [0.1, 0.15) is 230 Å². The summed E-state index contributed by atoms with van der Waals surface area (Å²) in [5, 5.41) is 20.5. The number of nitrogens with zero attached hydrogens (tertiary/aromatic N) is 7. The topological polar surface area (TPSA) is 278 Å². The van der Waals surface area contributed by atoms with Crippen LogP contribution in [0.15, 0.2) is 170 Å². The number of hydrogen-bond donors (Lipinski definition) is 6. The van der Waals surface area contributed by atoms with Crippen LogP contribution in [-0.2, 0) is 36.6 Å². The van der Waals surface area contributed by atoms with Crippen LogP contribution in [-0.4, -0.2) is 223 Å². The van der Waals surface area contributed by atoms with Crippen molar-refractivity contribution < 1.29 is 78.6 Å². The highest BCUT2D eigenvalue weighted by atomic mass is 32.2. The number of benzene rings is 2. The molecule has 24 nitrogen and oxygen atoms in total. The molecule has 8 aromatic rings. The maximum atomic E-state index is 12.6. The van der Waals surface area contributed by atoms with Gasteiger partial charge in [0.15, 0.2) is 10.2 Å². The zero-order valence-corrected chi connectivity index (χ0v) is 85.9. The van der Waals surface area contributed by atoms with E-state index < -0.39 is 24.5 Å². The van der Waals surface area contributed by atoms with Crippen molar-refractivity contribution in [2.24, 2.45) is 40.9 Å². The molecule has 12 aliphatic rings. The van der Waals surface area contributed by atoms with Crippen LogP contribution in [0.2, 0.25) is 0 Å². The number of thioether (sulfide) groups is 3. The van der Waals surface area contributed by atoms with Gasteiger partial charge in [-0.05, 0) is 331 Å². The van der Waals surface area contributed by atoms with E-state index in [1.54, 1.807) is 42.8 Å². The Morgan fingerprint density at radius 2 is 0.685 bits per heavy atom. The summed E-state index contributed by atoms with van der Waals surface area (Å²) >= 11 is 4.88. The van der Waals surface area contributed by atoms with Gasteiger partial charge in [0.05, 0.1) is 49.4 Å². The van der Waals surface area contributed by atoms with E-state index in [4.69, 9.17) is 33.2 Å². The van der Waals surface area contributed by atoms with E-state index in [0.717, 1.165) is 199 Å². The first-order chi connectivity index (χ1) is 69.2. The van der Waals surface area contributed by atoms with E-state index >= 15 is 0 Å². The van der Waals surface area contributed by atoms with Gasteiger partial charge in [0.1, 0.15) is 80.7 Å².